The highest BCUT2D eigenvalue weighted by molar-refractivity contribution is 7.92. The zero-order valence-corrected chi connectivity index (χ0v) is 27.6. The minimum absolute atomic E-state index is 0.0858. The average Bonchev–Trinajstić information content (AvgIpc) is 3.40. The van der Waals surface area contributed by atoms with Crippen molar-refractivity contribution in [1.82, 2.24) is 19.4 Å². The molecule has 0 saturated carbocycles. The van der Waals surface area contributed by atoms with Gasteiger partial charge in [0.1, 0.15) is 17.2 Å². The van der Waals surface area contributed by atoms with Crippen molar-refractivity contribution in [2.24, 2.45) is 7.05 Å². The number of aromatic nitrogens is 2. The molecule has 0 unspecified atom stereocenters. The number of halogens is 3. The van der Waals surface area contributed by atoms with E-state index in [-0.39, 0.29) is 22.4 Å². The number of hydrogen-bond acceptors (Lipinski definition) is 7. The van der Waals surface area contributed by atoms with E-state index in [4.69, 9.17) is 9.47 Å². The Morgan fingerprint density at radius 1 is 0.918 bits per heavy atom. The number of nitrogens with zero attached hydrogens (tertiary/aromatic N) is 4. The normalized spacial score (nSPS) is 14.2. The van der Waals surface area contributed by atoms with Crippen LogP contribution in [0.2, 0.25) is 0 Å². The maximum absolute atomic E-state index is 13.5. The van der Waals surface area contributed by atoms with E-state index in [9.17, 15) is 26.4 Å². The van der Waals surface area contributed by atoms with Gasteiger partial charge in [0.25, 0.3) is 15.9 Å². The van der Waals surface area contributed by atoms with Crippen LogP contribution in [0.3, 0.4) is 0 Å². The van der Waals surface area contributed by atoms with Crippen LogP contribution in [-0.2, 0) is 23.6 Å². The molecule has 6 rings (SSSR count). The second-order valence-corrected chi connectivity index (χ2v) is 13.4. The first kappa shape index (κ1) is 33.8. The number of alkyl halides is 3. The van der Waals surface area contributed by atoms with Crippen LogP contribution in [0.25, 0.3) is 10.9 Å². The first-order valence-electron chi connectivity index (χ1n) is 15.5. The lowest BCUT2D eigenvalue weighted by Crippen LogP contribution is -2.48. The summed E-state index contributed by atoms with van der Waals surface area (Å²) in [5, 5.41) is 0.869. The fraction of sp³-hybridized carbons (Fsp3) is 0.257. The van der Waals surface area contributed by atoms with Crippen LogP contribution < -0.4 is 14.2 Å². The first-order valence-corrected chi connectivity index (χ1v) is 16.9. The van der Waals surface area contributed by atoms with E-state index >= 15 is 0 Å². The fourth-order valence-electron chi connectivity index (χ4n) is 5.65. The minimum atomic E-state index is -4.39. The van der Waals surface area contributed by atoms with Gasteiger partial charge >= 0.3 is 6.18 Å². The summed E-state index contributed by atoms with van der Waals surface area (Å²) in [5.41, 5.74) is 3.21. The molecule has 1 saturated heterocycles. The number of rotatable bonds is 10. The molecule has 2 aromatic heterocycles. The van der Waals surface area contributed by atoms with Crippen LogP contribution in [0.1, 0.15) is 21.6 Å². The number of fused-ring (bicyclic) bond motifs is 1. The number of piperazine rings is 1. The summed E-state index contributed by atoms with van der Waals surface area (Å²) >= 11 is 0. The number of nitrogens with one attached hydrogen (secondary N) is 1. The van der Waals surface area contributed by atoms with Crippen LogP contribution >= 0.6 is 0 Å². The first-order chi connectivity index (χ1) is 23.3. The SMILES string of the molecule is Cc1ccccc1S(=O)(=O)Nc1ccc(Oc2ccc3cc(C(=O)N4CCN(Cc5ccc(OCC(F)(F)F)cc5)CC4)n(C)c3c2)nc1. The summed E-state index contributed by atoms with van der Waals surface area (Å²) in [6.45, 7) is 3.38. The Labute approximate surface area is 281 Å². The quantitative estimate of drug-likeness (QED) is 0.181. The van der Waals surface area contributed by atoms with Gasteiger partial charge in [-0.15, -0.1) is 0 Å². The molecule has 3 aromatic carbocycles. The molecule has 0 bridgehead atoms. The fourth-order valence-corrected chi connectivity index (χ4v) is 6.94. The van der Waals surface area contributed by atoms with Crippen LogP contribution in [-0.4, -0.2) is 72.6 Å². The zero-order valence-electron chi connectivity index (χ0n) is 26.8. The smallest absolute Gasteiger partial charge is 0.422 e. The summed E-state index contributed by atoms with van der Waals surface area (Å²) in [7, 11) is -1.95. The lowest BCUT2D eigenvalue weighted by atomic mass is 10.2. The van der Waals surface area contributed by atoms with Gasteiger partial charge in [-0.2, -0.15) is 13.2 Å². The average molecular weight is 694 g/mol. The van der Waals surface area contributed by atoms with Crippen molar-refractivity contribution in [3.63, 3.8) is 0 Å². The van der Waals surface area contributed by atoms with Gasteiger partial charge < -0.3 is 18.9 Å². The van der Waals surface area contributed by atoms with Crippen molar-refractivity contribution in [3.05, 3.63) is 108 Å². The van der Waals surface area contributed by atoms with Crippen molar-refractivity contribution in [3.8, 4) is 17.4 Å². The summed E-state index contributed by atoms with van der Waals surface area (Å²) in [6, 6.07) is 23.7. The molecule has 3 heterocycles. The van der Waals surface area contributed by atoms with Crippen LogP contribution in [0.5, 0.6) is 17.4 Å². The molecule has 256 valence electrons. The van der Waals surface area contributed by atoms with Crippen molar-refractivity contribution in [1.29, 1.82) is 0 Å². The maximum Gasteiger partial charge on any atom is 0.422 e. The number of anilines is 1. The number of sulfonamides is 1. The van der Waals surface area contributed by atoms with E-state index in [0.717, 1.165) is 16.5 Å². The van der Waals surface area contributed by atoms with Gasteiger partial charge in [-0.1, -0.05) is 30.3 Å². The molecule has 1 fully saturated rings. The van der Waals surface area contributed by atoms with E-state index in [1.165, 1.54) is 18.3 Å². The summed E-state index contributed by atoms with van der Waals surface area (Å²) < 4.78 is 77.9. The molecule has 0 spiro atoms. The number of ether oxygens (including phenoxy) is 2. The molecule has 0 aliphatic carbocycles. The molecule has 1 N–H and O–H groups in total. The van der Waals surface area contributed by atoms with Gasteiger partial charge in [0.2, 0.25) is 5.88 Å². The highest BCUT2D eigenvalue weighted by Crippen LogP contribution is 2.29. The molecular formula is C35H34F3N5O5S. The predicted molar refractivity (Wildman–Crippen MR) is 178 cm³/mol. The maximum atomic E-state index is 13.5. The lowest BCUT2D eigenvalue weighted by Gasteiger charge is -2.34. The Bertz CT molecular complexity index is 2060. The van der Waals surface area contributed by atoms with Crippen LogP contribution in [0.15, 0.2) is 96.0 Å². The lowest BCUT2D eigenvalue weighted by molar-refractivity contribution is -0.153. The van der Waals surface area contributed by atoms with E-state index in [1.54, 1.807) is 61.5 Å². The third kappa shape index (κ3) is 8.15. The number of amides is 1. The number of carbonyl (C=O) groups is 1. The molecule has 1 amide bonds. The van der Waals surface area contributed by atoms with E-state index in [2.05, 4.69) is 14.6 Å². The predicted octanol–water partition coefficient (Wildman–Crippen LogP) is 6.37. The monoisotopic (exact) mass is 693 g/mol. The topological polar surface area (TPSA) is 106 Å². The molecule has 10 nitrogen and oxygen atoms in total. The van der Waals surface area contributed by atoms with Crippen molar-refractivity contribution >= 4 is 32.5 Å². The van der Waals surface area contributed by atoms with E-state index in [1.807, 2.05) is 34.7 Å². The van der Waals surface area contributed by atoms with Gasteiger partial charge in [0.15, 0.2) is 6.61 Å². The summed E-state index contributed by atoms with van der Waals surface area (Å²) in [5.74, 6) is 0.851. The summed E-state index contributed by atoms with van der Waals surface area (Å²) in [6.07, 6.45) is -3.00. The number of hydrogen-bond donors (Lipinski definition) is 1. The standard InChI is InChI=1S/C35H34F3N5O5S/c1-24-5-3-4-6-32(24)49(45,46)40-27-10-14-33(39-21-27)48-29-13-9-26-19-31(41(2)30(26)20-29)34(44)43-17-15-42(16-18-43)22-25-7-11-28(12-8-25)47-23-35(36,37)38/h3-14,19-21,40H,15-18,22-23H2,1-2H3. The second kappa shape index (κ2) is 13.8. The van der Waals surface area contributed by atoms with Crippen LogP contribution in [0, 0.1) is 6.92 Å². The third-order valence-corrected chi connectivity index (χ3v) is 9.76. The Kier molecular flexibility index (Phi) is 9.52. The number of aryl methyl sites for hydroxylation is 2. The molecule has 5 aromatic rings. The zero-order chi connectivity index (χ0) is 34.8. The molecule has 1 aliphatic rings. The van der Waals surface area contributed by atoms with Crippen LogP contribution in [0.4, 0.5) is 18.9 Å². The minimum Gasteiger partial charge on any atom is -0.484 e. The van der Waals surface area contributed by atoms with Crippen molar-refractivity contribution < 1.29 is 35.9 Å². The molecule has 0 atom stereocenters. The number of benzene rings is 3. The molecular weight excluding hydrogens is 659 g/mol. The Morgan fingerprint density at radius 2 is 1.63 bits per heavy atom. The van der Waals surface area contributed by atoms with E-state index < -0.39 is 22.8 Å². The van der Waals surface area contributed by atoms with Gasteiger partial charge in [0.05, 0.1) is 22.3 Å². The highest BCUT2D eigenvalue weighted by Gasteiger charge is 2.28. The Balaban J connectivity index is 1.04. The van der Waals surface area contributed by atoms with Gasteiger partial charge in [-0.05, 0) is 60.5 Å². The molecule has 0 radical (unpaired) electrons. The summed E-state index contributed by atoms with van der Waals surface area (Å²) in [4.78, 5) is 22.0. The molecule has 14 heteroatoms. The third-order valence-electron chi connectivity index (χ3n) is 8.22. The molecule has 1 aliphatic heterocycles. The van der Waals surface area contributed by atoms with Gasteiger partial charge in [-0.25, -0.2) is 13.4 Å². The van der Waals surface area contributed by atoms with Gasteiger partial charge in [-0.3, -0.25) is 14.4 Å². The highest BCUT2D eigenvalue weighted by atomic mass is 32.2. The Hall–Kier alpha value is -5.08. The van der Waals surface area contributed by atoms with Crippen molar-refractivity contribution in [2.75, 3.05) is 37.5 Å². The largest absolute Gasteiger partial charge is 0.484 e. The second-order valence-electron chi connectivity index (χ2n) is 11.8. The van der Waals surface area contributed by atoms with E-state index in [0.29, 0.717) is 55.4 Å². The van der Waals surface area contributed by atoms with Gasteiger partial charge in [0, 0.05) is 57.3 Å². The Morgan fingerprint density at radius 3 is 2.31 bits per heavy atom. The van der Waals surface area contributed by atoms with Crippen molar-refractivity contribution in [2.45, 2.75) is 24.5 Å². The molecule has 49 heavy (non-hydrogen) atoms. The number of pyridine rings is 1. The number of carbonyl (C=O) groups excluding carboxylic acids is 1.